The minimum atomic E-state index is 0.226. The van der Waals surface area contributed by atoms with Crippen LogP contribution < -0.4 is 5.73 Å². The van der Waals surface area contributed by atoms with Crippen LogP contribution in [0.15, 0.2) is 16.8 Å². The van der Waals surface area contributed by atoms with Crippen LogP contribution >= 0.6 is 11.3 Å². The van der Waals surface area contributed by atoms with E-state index in [0.29, 0.717) is 6.10 Å². The van der Waals surface area contributed by atoms with E-state index in [-0.39, 0.29) is 6.04 Å². The summed E-state index contributed by atoms with van der Waals surface area (Å²) < 4.78 is 5.54. The number of ether oxygens (including phenoxy) is 1. The predicted molar refractivity (Wildman–Crippen MR) is 64.0 cm³/mol. The Kier molecular flexibility index (Phi) is 3.78. The van der Waals surface area contributed by atoms with Crippen molar-refractivity contribution in [1.29, 1.82) is 0 Å². The molecule has 1 unspecified atom stereocenters. The zero-order valence-corrected chi connectivity index (χ0v) is 10.0. The first-order valence-corrected chi connectivity index (χ1v) is 6.63. The lowest BCUT2D eigenvalue weighted by Crippen LogP contribution is -2.33. The molecular formula is C12H19NOS. The van der Waals surface area contributed by atoms with Crippen LogP contribution in [0.3, 0.4) is 0 Å². The van der Waals surface area contributed by atoms with Crippen molar-refractivity contribution < 1.29 is 4.74 Å². The van der Waals surface area contributed by atoms with Crippen molar-refractivity contribution >= 4 is 11.3 Å². The van der Waals surface area contributed by atoms with Crippen molar-refractivity contribution in [2.24, 2.45) is 11.7 Å². The molecule has 1 heterocycles. The summed E-state index contributed by atoms with van der Waals surface area (Å²) in [7, 11) is 0. The summed E-state index contributed by atoms with van der Waals surface area (Å²) in [6, 6.07) is 2.36. The molecule has 1 fully saturated rings. The van der Waals surface area contributed by atoms with Gasteiger partial charge in [0.05, 0.1) is 6.10 Å². The maximum atomic E-state index is 6.14. The van der Waals surface area contributed by atoms with Crippen LogP contribution in [0, 0.1) is 5.92 Å². The third-order valence-electron chi connectivity index (χ3n) is 3.15. The van der Waals surface area contributed by atoms with Crippen molar-refractivity contribution in [1.82, 2.24) is 0 Å². The third-order valence-corrected chi connectivity index (χ3v) is 3.85. The molecule has 2 rings (SSSR count). The van der Waals surface area contributed by atoms with E-state index >= 15 is 0 Å². The Morgan fingerprint density at radius 1 is 1.60 bits per heavy atom. The van der Waals surface area contributed by atoms with E-state index in [9.17, 15) is 0 Å². The van der Waals surface area contributed by atoms with Crippen LogP contribution in [0.5, 0.6) is 0 Å². The van der Waals surface area contributed by atoms with E-state index in [2.05, 4.69) is 23.8 Å². The van der Waals surface area contributed by atoms with E-state index in [1.54, 1.807) is 11.3 Å². The SMILES string of the molecule is CCOC1CC(CC(N)c2ccsc2)C1. The molecule has 0 aromatic carbocycles. The quantitative estimate of drug-likeness (QED) is 0.836. The third kappa shape index (κ3) is 2.80. The molecule has 1 aliphatic rings. The van der Waals surface area contributed by atoms with Crippen molar-refractivity contribution in [3.8, 4) is 0 Å². The van der Waals surface area contributed by atoms with Crippen LogP contribution in [0.4, 0.5) is 0 Å². The van der Waals surface area contributed by atoms with Crippen molar-refractivity contribution in [3.63, 3.8) is 0 Å². The Balaban J connectivity index is 1.71. The highest BCUT2D eigenvalue weighted by molar-refractivity contribution is 7.07. The summed E-state index contributed by atoms with van der Waals surface area (Å²) in [5, 5.41) is 4.25. The number of hydrogen-bond donors (Lipinski definition) is 1. The number of hydrogen-bond acceptors (Lipinski definition) is 3. The first-order valence-electron chi connectivity index (χ1n) is 5.69. The Hall–Kier alpha value is -0.380. The molecule has 1 saturated carbocycles. The van der Waals surface area contributed by atoms with E-state index in [0.717, 1.165) is 18.9 Å². The Morgan fingerprint density at radius 3 is 3.00 bits per heavy atom. The largest absolute Gasteiger partial charge is 0.378 e. The van der Waals surface area contributed by atoms with Crippen LogP contribution in [0.25, 0.3) is 0 Å². The second kappa shape index (κ2) is 5.10. The first-order chi connectivity index (χ1) is 7.29. The summed E-state index contributed by atoms with van der Waals surface area (Å²) in [5.41, 5.74) is 7.43. The van der Waals surface area contributed by atoms with Gasteiger partial charge in [-0.1, -0.05) is 0 Å². The highest BCUT2D eigenvalue weighted by Crippen LogP contribution is 2.36. The molecule has 1 aromatic rings. The van der Waals surface area contributed by atoms with Gasteiger partial charge in [-0.25, -0.2) is 0 Å². The van der Waals surface area contributed by atoms with Gasteiger partial charge >= 0.3 is 0 Å². The van der Waals surface area contributed by atoms with Gasteiger partial charge < -0.3 is 10.5 Å². The molecule has 0 amide bonds. The van der Waals surface area contributed by atoms with Gasteiger partial charge in [0, 0.05) is 12.6 Å². The minimum Gasteiger partial charge on any atom is -0.378 e. The average Bonchev–Trinajstić information content (AvgIpc) is 2.67. The van der Waals surface area contributed by atoms with Crippen LogP contribution in [-0.2, 0) is 4.74 Å². The average molecular weight is 225 g/mol. The lowest BCUT2D eigenvalue weighted by atomic mass is 9.77. The maximum absolute atomic E-state index is 6.14. The molecular weight excluding hydrogens is 206 g/mol. The number of rotatable bonds is 5. The molecule has 1 aliphatic carbocycles. The standard InChI is InChI=1S/C12H19NOS/c1-2-14-11-5-9(6-11)7-12(13)10-3-4-15-8-10/h3-4,8-9,11-12H,2,5-7,13H2,1H3. The molecule has 0 radical (unpaired) electrons. The molecule has 3 heteroatoms. The molecule has 1 aromatic heterocycles. The van der Waals surface area contributed by atoms with Gasteiger partial charge in [0.15, 0.2) is 0 Å². The molecule has 2 N–H and O–H groups in total. The van der Waals surface area contributed by atoms with Gasteiger partial charge in [0.2, 0.25) is 0 Å². The number of thiophene rings is 1. The maximum Gasteiger partial charge on any atom is 0.0580 e. The molecule has 0 bridgehead atoms. The smallest absolute Gasteiger partial charge is 0.0580 e. The van der Waals surface area contributed by atoms with E-state index in [1.807, 2.05) is 0 Å². The molecule has 0 saturated heterocycles. The summed E-state index contributed by atoms with van der Waals surface area (Å²) in [6.45, 7) is 2.90. The molecule has 2 nitrogen and oxygen atoms in total. The molecule has 0 spiro atoms. The normalized spacial score (nSPS) is 27.3. The van der Waals surface area contributed by atoms with E-state index in [4.69, 9.17) is 10.5 Å². The minimum absolute atomic E-state index is 0.226. The van der Waals surface area contributed by atoms with Gasteiger partial charge in [-0.2, -0.15) is 11.3 Å². The van der Waals surface area contributed by atoms with Crippen molar-refractivity contribution in [3.05, 3.63) is 22.4 Å². The van der Waals surface area contributed by atoms with Gasteiger partial charge in [0.1, 0.15) is 0 Å². The Labute approximate surface area is 95.4 Å². The highest BCUT2D eigenvalue weighted by atomic mass is 32.1. The molecule has 1 atom stereocenters. The summed E-state index contributed by atoms with van der Waals surface area (Å²) in [5.74, 6) is 0.774. The molecule has 15 heavy (non-hydrogen) atoms. The Bertz CT molecular complexity index is 280. The fraction of sp³-hybridized carbons (Fsp3) is 0.667. The zero-order valence-electron chi connectivity index (χ0n) is 9.19. The van der Waals surface area contributed by atoms with Gasteiger partial charge in [0.25, 0.3) is 0 Å². The van der Waals surface area contributed by atoms with Crippen molar-refractivity contribution in [2.75, 3.05) is 6.61 Å². The topological polar surface area (TPSA) is 35.2 Å². The Morgan fingerprint density at radius 2 is 2.40 bits per heavy atom. The van der Waals surface area contributed by atoms with Crippen LogP contribution in [0.1, 0.15) is 37.8 Å². The summed E-state index contributed by atoms with van der Waals surface area (Å²) in [6.07, 6.45) is 4.02. The second-order valence-electron chi connectivity index (χ2n) is 4.31. The second-order valence-corrected chi connectivity index (χ2v) is 5.09. The first kappa shape index (κ1) is 11.1. The van der Waals surface area contributed by atoms with E-state index < -0.39 is 0 Å². The summed E-state index contributed by atoms with van der Waals surface area (Å²) in [4.78, 5) is 0. The van der Waals surface area contributed by atoms with Gasteiger partial charge in [-0.3, -0.25) is 0 Å². The lowest BCUT2D eigenvalue weighted by molar-refractivity contribution is -0.0281. The summed E-state index contributed by atoms with van der Waals surface area (Å²) >= 11 is 1.72. The van der Waals surface area contributed by atoms with E-state index in [1.165, 1.54) is 18.4 Å². The monoisotopic (exact) mass is 225 g/mol. The van der Waals surface area contributed by atoms with Crippen LogP contribution in [-0.4, -0.2) is 12.7 Å². The lowest BCUT2D eigenvalue weighted by Gasteiger charge is -2.36. The van der Waals surface area contributed by atoms with Crippen LogP contribution in [0.2, 0.25) is 0 Å². The van der Waals surface area contributed by atoms with Crippen molar-refractivity contribution in [2.45, 2.75) is 38.3 Å². The fourth-order valence-electron chi connectivity index (χ4n) is 2.22. The highest BCUT2D eigenvalue weighted by Gasteiger charge is 2.30. The predicted octanol–water partition coefficient (Wildman–Crippen LogP) is 2.95. The molecule has 84 valence electrons. The number of nitrogens with two attached hydrogens (primary N) is 1. The van der Waals surface area contributed by atoms with Gasteiger partial charge in [-0.05, 0) is 54.5 Å². The van der Waals surface area contributed by atoms with Gasteiger partial charge in [-0.15, -0.1) is 0 Å². The zero-order chi connectivity index (χ0) is 10.7. The molecule has 0 aliphatic heterocycles. The fourth-order valence-corrected chi connectivity index (χ4v) is 2.94.